The number of aliphatic hydroxyl groups excluding tert-OH is 1. The Balaban J connectivity index is 5.20. The second-order valence-electron chi connectivity index (χ2n) is 26.0. The zero-order chi connectivity index (χ0) is 65.7. The Bertz CT molecular complexity index is 1740. The lowest BCUT2D eigenvalue weighted by Crippen LogP contribution is -2.30. The normalized spacial score (nSPS) is 14.4. The van der Waals surface area contributed by atoms with Crippen LogP contribution in [0.5, 0.6) is 0 Å². The Morgan fingerprint density at radius 2 is 0.573 bits per heavy atom. The third kappa shape index (κ3) is 63.2. The largest absolute Gasteiger partial charge is 0.472 e. The third-order valence-corrected chi connectivity index (χ3v) is 18.5. The van der Waals surface area contributed by atoms with Crippen molar-refractivity contribution in [2.75, 3.05) is 39.6 Å². The number of carbonyl (C=O) groups excluding carboxylic acids is 4. The summed E-state index contributed by atoms with van der Waals surface area (Å²) in [5.41, 5.74) is 0. The maximum absolute atomic E-state index is 13.0. The van der Waals surface area contributed by atoms with Crippen molar-refractivity contribution < 1.29 is 80.2 Å². The number of hydrogen-bond acceptors (Lipinski definition) is 15. The molecule has 0 aliphatic carbocycles. The number of hydrogen-bond donors (Lipinski definition) is 3. The number of esters is 4. The summed E-state index contributed by atoms with van der Waals surface area (Å²) in [5, 5.41) is 10.6. The topological polar surface area (TPSA) is 237 Å². The lowest BCUT2D eigenvalue weighted by Gasteiger charge is -2.21. The zero-order valence-corrected chi connectivity index (χ0v) is 59.5. The van der Waals surface area contributed by atoms with E-state index in [-0.39, 0.29) is 25.7 Å². The van der Waals surface area contributed by atoms with Gasteiger partial charge in [0.05, 0.1) is 26.4 Å². The van der Waals surface area contributed by atoms with Gasteiger partial charge in [0, 0.05) is 25.7 Å². The third-order valence-electron chi connectivity index (χ3n) is 16.6. The van der Waals surface area contributed by atoms with Crippen LogP contribution in [0.25, 0.3) is 0 Å². The Morgan fingerprint density at radius 3 is 0.854 bits per heavy atom. The molecule has 0 saturated heterocycles. The molecule has 89 heavy (non-hydrogen) atoms. The molecule has 6 atom stereocenters. The molecular formula is C70H136O17P2. The average molecular weight is 1310 g/mol. The van der Waals surface area contributed by atoms with Gasteiger partial charge in [-0.15, -0.1) is 0 Å². The van der Waals surface area contributed by atoms with Crippen LogP contribution in [0.4, 0.5) is 0 Å². The number of rotatable bonds is 69. The lowest BCUT2D eigenvalue weighted by atomic mass is 10.00. The number of phosphoric ester groups is 2. The molecule has 17 nitrogen and oxygen atoms in total. The molecule has 0 amide bonds. The molecule has 19 heteroatoms. The summed E-state index contributed by atoms with van der Waals surface area (Å²) in [4.78, 5) is 72.4. The first kappa shape index (κ1) is 87.1. The fourth-order valence-corrected chi connectivity index (χ4v) is 12.1. The van der Waals surface area contributed by atoms with E-state index in [1.54, 1.807) is 0 Å². The van der Waals surface area contributed by atoms with Crippen molar-refractivity contribution in [3.05, 3.63) is 0 Å². The van der Waals surface area contributed by atoms with E-state index < -0.39 is 97.5 Å². The summed E-state index contributed by atoms with van der Waals surface area (Å²) in [5.74, 6) is -0.615. The van der Waals surface area contributed by atoms with Gasteiger partial charge in [-0.3, -0.25) is 37.3 Å². The highest BCUT2D eigenvalue weighted by atomic mass is 31.2. The maximum Gasteiger partial charge on any atom is 0.472 e. The SMILES string of the molecule is CCCCCCCCCCCCCCCCCC(=O)OC[C@H](COP(=O)(O)OC[C@@H](O)COP(=O)(O)OC[C@@H](COC(=O)CCCCCCCCC)OC(=O)CCCCCCCCC(C)CC)OC(=O)CCCCCCCCCCCCCCCCC(C)C. The van der Waals surface area contributed by atoms with Gasteiger partial charge < -0.3 is 33.8 Å². The number of ether oxygens (including phenoxy) is 4. The van der Waals surface area contributed by atoms with E-state index in [0.29, 0.717) is 25.7 Å². The summed E-state index contributed by atoms with van der Waals surface area (Å²) < 4.78 is 68.2. The molecule has 0 heterocycles. The van der Waals surface area contributed by atoms with Crippen LogP contribution in [0.3, 0.4) is 0 Å². The number of carbonyl (C=O) groups is 4. The Morgan fingerprint density at radius 1 is 0.326 bits per heavy atom. The van der Waals surface area contributed by atoms with Gasteiger partial charge in [-0.1, -0.05) is 305 Å². The van der Waals surface area contributed by atoms with Crippen LogP contribution in [-0.2, 0) is 65.4 Å². The van der Waals surface area contributed by atoms with Crippen molar-refractivity contribution in [3.63, 3.8) is 0 Å². The highest BCUT2D eigenvalue weighted by molar-refractivity contribution is 7.47. The monoisotopic (exact) mass is 1310 g/mol. The fraction of sp³-hybridized carbons (Fsp3) is 0.943. The van der Waals surface area contributed by atoms with Crippen LogP contribution in [0.1, 0.15) is 356 Å². The molecule has 0 spiro atoms. The minimum absolute atomic E-state index is 0.103. The summed E-state index contributed by atoms with van der Waals surface area (Å²) in [7, 11) is -9.89. The molecule has 0 aliphatic heterocycles. The van der Waals surface area contributed by atoms with Gasteiger partial charge in [0.1, 0.15) is 19.3 Å². The number of phosphoric acid groups is 2. The Hall–Kier alpha value is -1.94. The molecule has 0 aliphatic rings. The first-order valence-corrected chi connectivity index (χ1v) is 39.5. The highest BCUT2D eigenvalue weighted by Crippen LogP contribution is 2.45. The predicted octanol–water partition coefficient (Wildman–Crippen LogP) is 20.0. The Kier molecular flexibility index (Phi) is 60.8. The molecule has 3 unspecified atom stereocenters. The minimum Gasteiger partial charge on any atom is -0.462 e. The molecule has 0 aromatic carbocycles. The second kappa shape index (κ2) is 62.2. The van der Waals surface area contributed by atoms with E-state index in [0.717, 1.165) is 115 Å². The number of unbranched alkanes of at least 4 members (excludes halogenated alkanes) is 38. The summed E-state index contributed by atoms with van der Waals surface area (Å²) in [6, 6.07) is 0. The van der Waals surface area contributed by atoms with Crippen LogP contribution < -0.4 is 0 Å². The molecule has 0 aromatic rings. The zero-order valence-electron chi connectivity index (χ0n) is 57.7. The first-order chi connectivity index (χ1) is 42.9. The van der Waals surface area contributed by atoms with Crippen molar-refractivity contribution in [1.29, 1.82) is 0 Å². The van der Waals surface area contributed by atoms with Gasteiger partial charge in [-0.25, -0.2) is 9.13 Å². The van der Waals surface area contributed by atoms with Crippen LogP contribution in [0.2, 0.25) is 0 Å². The quantitative estimate of drug-likeness (QED) is 0.0222. The van der Waals surface area contributed by atoms with Gasteiger partial charge in [0.25, 0.3) is 0 Å². The van der Waals surface area contributed by atoms with Crippen molar-refractivity contribution in [1.82, 2.24) is 0 Å². The highest BCUT2D eigenvalue weighted by Gasteiger charge is 2.30. The Labute approximate surface area is 543 Å². The van der Waals surface area contributed by atoms with Gasteiger partial charge in [-0.05, 0) is 37.5 Å². The van der Waals surface area contributed by atoms with Crippen LogP contribution >= 0.6 is 15.6 Å². The first-order valence-electron chi connectivity index (χ1n) is 36.5. The van der Waals surface area contributed by atoms with E-state index in [9.17, 15) is 43.2 Å². The molecule has 0 rings (SSSR count). The van der Waals surface area contributed by atoms with Crippen molar-refractivity contribution in [2.24, 2.45) is 11.8 Å². The van der Waals surface area contributed by atoms with E-state index in [4.69, 9.17) is 37.0 Å². The molecule has 0 bridgehead atoms. The van der Waals surface area contributed by atoms with Crippen molar-refractivity contribution in [2.45, 2.75) is 374 Å². The summed E-state index contributed by atoms with van der Waals surface area (Å²) in [6.07, 6.45) is 47.4. The average Bonchev–Trinajstić information content (AvgIpc) is 3.71. The van der Waals surface area contributed by atoms with Crippen LogP contribution in [0.15, 0.2) is 0 Å². The molecule has 0 aromatic heterocycles. The molecular weight excluding hydrogens is 1170 g/mol. The molecule has 0 saturated carbocycles. The van der Waals surface area contributed by atoms with E-state index in [1.807, 2.05) is 0 Å². The van der Waals surface area contributed by atoms with E-state index in [2.05, 4.69) is 41.5 Å². The smallest absolute Gasteiger partial charge is 0.462 e. The maximum atomic E-state index is 13.0. The van der Waals surface area contributed by atoms with Crippen LogP contribution in [0, 0.1) is 11.8 Å². The van der Waals surface area contributed by atoms with E-state index in [1.165, 1.54) is 161 Å². The standard InChI is InChI=1S/C70H136O17P2/c1-7-10-12-14-16-17-18-19-20-24-27-30-34-41-47-53-68(73)81-59-65(86-69(74)54-48-42-35-31-28-25-22-21-23-26-29-33-38-44-50-62(4)5)60-84-88(76,77)82-56-64(71)57-83-89(78,79)85-61-66(58-80-67(72)52-46-40-32-15-13-11-8-2)87-70(75)55-49-43-37-36-39-45-51-63(6)9-3/h62-66,71H,7-61H2,1-6H3,(H,76,77)(H,78,79)/t63?,64-,65-,66-/m1/s1. The fourth-order valence-electron chi connectivity index (χ4n) is 10.6. The molecule has 0 fully saturated rings. The van der Waals surface area contributed by atoms with Crippen LogP contribution in [-0.4, -0.2) is 96.7 Å². The van der Waals surface area contributed by atoms with Crippen molar-refractivity contribution in [3.8, 4) is 0 Å². The summed E-state index contributed by atoms with van der Waals surface area (Å²) >= 11 is 0. The lowest BCUT2D eigenvalue weighted by molar-refractivity contribution is -0.161. The van der Waals surface area contributed by atoms with Gasteiger partial charge in [0.2, 0.25) is 0 Å². The predicted molar refractivity (Wildman–Crippen MR) is 358 cm³/mol. The molecule has 0 radical (unpaired) electrons. The van der Waals surface area contributed by atoms with Gasteiger partial charge in [-0.2, -0.15) is 0 Å². The number of aliphatic hydroxyl groups is 1. The van der Waals surface area contributed by atoms with Gasteiger partial charge >= 0.3 is 39.5 Å². The molecule has 528 valence electrons. The minimum atomic E-state index is -4.95. The van der Waals surface area contributed by atoms with E-state index >= 15 is 0 Å². The summed E-state index contributed by atoms with van der Waals surface area (Å²) in [6.45, 7) is 9.48. The van der Waals surface area contributed by atoms with Crippen molar-refractivity contribution >= 4 is 39.5 Å². The van der Waals surface area contributed by atoms with Gasteiger partial charge in [0.15, 0.2) is 12.2 Å². The second-order valence-corrected chi connectivity index (χ2v) is 28.9. The molecule has 3 N–H and O–H groups in total.